The summed E-state index contributed by atoms with van der Waals surface area (Å²) in [6, 6.07) is 0.585. The van der Waals surface area contributed by atoms with Crippen LogP contribution >= 0.6 is 24.2 Å². The largest absolute Gasteiger partial charge is 0.315 e. The third-order valence-electron chi connectivity index (χ3n) is 2.55. The van der Waals surface area contributed by atoms with Gasteiger partial charge in [0.2, 0.25) is 0 Å². The zero-order valence-electron chi connectivity index (χ0n) is 9.27. The normalized spacial score (nSPS) is 19.4. The second kappa shape index (κ2) is 7.06. The quantitative estimate of drug-likeness (QED) is 0.794. The topological polar surface area (TPSA) is 49.8 Å². The lowest BCUT2D eigenvalue weighted by Crippen LogP contribution is -2.30. The number of nitrogens with zero attached hydrogens (tertiary/aromatic N) is 2. The van der Waals surface area contributed by atoms with Gasteiger partial charge in [0.15, 0.2) is 0 Å². The van der Waals surface area contributed by atoms with E-state index in [1.54, 1.807) is 24.2 Å². The highest BCUT2D eigenvalue weighted by atomic mass is 35.5. The highest BCUT2D eigenvalue weighted by Crippen LogP contribution is 2.14. The van der Waals surface area contributed by atoms with Crippen LogP contribution < -0.4 is 10.6 Å². The molecular formula is C10H17ClN4S. The molecule has 0 aliphatic carbocycles. The molecule has 16 heavy (non-hydrogen) atoms. The lowest BCUT2D eigenvalue weighted by Gasteiger charge is -2.11. The van der Waals surface area contributed by atoms with Crippen molar-refractivity contribution in [3.05, 3.63) is 18.1 Å². The SMILES string of the molecule is CSc1nccnc1CN[C@@H]1CCNC1.Cl. The minimum absolute atomic E-state index is 0. The van der Waals surface area contributed by atoms with Crippen molar-refractivity contribution in [3.8, 4) is 0 Å². The van der Waals surface area contributed by atoms with Crippen molar-refractivity contribution in [1.29, 1.82) is 0 Å². The minimum Gasteiger partial charge on any atom is -0.315 e. The molecule has 90 valence electrons. The van der Waals surface area contributed by atoms with E-state index < -0.39 is 0 Å². The summed E-state index contributed by atoms with van der Waals surface area (Å²) in [6.07, 6.45) is 6.73. The minimum atomic E-state index is 0. The molecule has 2 N–H and O–H groups in total. The number of thioether (sulfide) groups is 1. The molecule has 1 fully saturated rings. The van der Waals surface area contributed by atoms with E-state index in [-0.39, 0.29) is 12.4 Å². The highest BCUT2D eigenvalue weighted by molar-refractivity contribution is 7.98. The van der Waals surface area contributed by atoms with Crippen molar-refractivity contribution in [3.63, 3.8) is 0 Å². The van der Waals surface area contributed by atoms with Gasteiger partial charge >= 0.3 is 0 Å². The Morgan fingerprint density at radius 2 is 2.31 bits per heavy atom. The van der Waals surface area contributed by atoms with E-state index in [9.17, 15) is 0 Å². The molecule has 0 aromatic carbocycles. The van der Waals surface area contributed by atoms with Crippen molar-refractivity contribution < 1.29 is 0 Å². The summed E-state index contributed by atoms with van der Waals surface area (Å²) in [6.45, 7) is 3.00. The monoisotopic (exact) mass is 260 g/mol. The summed E-state index contributed by atoms with van der Waals surface area (Å²) >= 11 is 1.65. The average molecular weight is 261 g/mol. The number of aromatic nitrogens is 2. The van der Waals surface area contributed by atoms with Gasteiger partial charge in [0.1, 0.15) is 5.03 Å². The zero-order chi connectivity index (χ0) is 10.5. The summed E-state index contributed by atoms with van der Waals surface area (Å²) < 4.78 is 0. The molecule has 6 heteroatoms. The van der Waals surface area contributed by atoms with Crippen molar-refractivity contribution in [2.75, 3.05) is 19.3 Å². The standard InChI is InChI=1S/C10H16N4S.ClH/c1-15-10-9(12-4-5-13-10)7-14-8-2-3-11-6-8;/h4-5,8,11,14H,2-3,6-7H2,1H3;1H/t8-;/m1./s1. The second-order valence-corrected chi connectivity index (χ2v) is 4.38. The van der Waals surface area contributed by atoms with Crippen LogP contribution in [0.5, 0.6) is 0 Å². The van der Waals surface area contributed by atoms with Gasteiger partial charge in [-0.3, -0.25) is 4.98 Å². The zero-order valence-corrected chi connectivity index (χ0v) is 10.9. The summed E-state index contributed by atoms with van der Waals surface area (Å²) in [7, 11) is 0. The van der Waals surface area contributed by atoms with Gasteiger partial charge in [0, 0.05) is 31.5 Å². The third kappa shape index (κ3) is 3.59. The number of hydrogen-bond acceptors (Lipinski definition) is 5. The maximum absolute atomic E-state index is 4.34. The van der Waals surface area contributed by atoms with Crippen LogP contribution in [0.25, 0.3) is 0 Å². The predicted octanol–water partition coefficient (Wildman–Crippen LogP) is 1.07. The summed E-state index contributed by atoms with van der Waals surface area (Å²) in [4.78, 5) is 8.63. The molecule has 0 saturated carbocycles. The first-order valence-corrected chi connectivity index (χ1v) is 6.40. The second-order valence-electron chi connectivity index (χ2n) is 3.58. The first-order chi connectivity index (χ1) is 7.40. The van der Waals surface area contributed by atoms with Gasteiger partial charge in [-0.2, -0.15) is 0 Å². The van der Waals surface area contributed by atoms with Crippen LogP contribution in [0, 0.1) is 0 Å². The van der Waals surface area contributed by atoms with Gasteiger partial charge in [-0.25, -0.2) is 4.98 Å². The summed E-state index contributed by atoms with van der Waals surface area (Å²) in [5.41, 5.74) is 1.05. The highest BCUT2D eigenvalue weighted by Gasteiger charge is 2.14. The molecule has 1 aliphatic heterocycles. The molecule has 1 atom stereocenters. The Morgan fingerprint density at radius 1 is 1.50 bits per heavy atom. The molecule has 2 rings (SSSR count). The molecule has 0 unspecified atom stereocenters. The van der Waals surface area contributed by atoms with Crippen molar-refractivity contribution in [2.24, 2.45) is 0 Å². The summed E-state index contributed by atoms with van der Waals surface area (Å²) in [5, 5.41) is 7.85. The van der Waals surface area contributed by atoms with Gasteiger partial charge < -0.3 is 10.6 Å². The average Bonchev–Trinajstić information content (AvgIpc) is 2.79. The summed E-state index contributed by atoms with van der Waals surface area (Å²) in [5.74, 6) is 0. The Morgan fingerprint density at radius 3 is 3.00 bits per heavy atom. The Hall–Kier alpha value is -0.360. The molecular weight excluding hydrogens is 244 g/mol. The molecule has 0 amide bonds. The molecule has 0 spiro atoms. The van der Waals surface area contributed by atoms with E-state index in [1.165, 1.54) is 6.42 Å². The van der Waals surface area contributed by atoms with Gasteiger partial charge in [-0.1, -0.05) is 0 Å². The van der Waals surface area contributed by atoms with Crippen LogP contribution in [0.1, 0.15) is 12.1 Å². The molecule has 4 nitrogen and oxygen atoms in total. The lowest BCUT2D eigenvalue weighted by atomic mass is 10.2. The van der Waals surface area contributed by atoms with Crippen LogP contribution in [0.15, 0.2) is 17.4 Å². The smallest absolute Gasteiger partial charge is 0.119 e. The Labute approximate surface area is 106 Å². The molecule has 1 saturated heterocycles. The fourth-order valence-electron chi connectivity index (χ4n) is 1.72. The third-order valence-corrected chi connectivity index (χ3v) is 3.28. The van der Waals surface area contributed by atoms with E-state index in [2.05, 4.69) is 20.6 Å². The van der Waals surface area contributed by atoms with E-state index in [4.69, 9.17) is 0 Å². The fraction of sp³-hybridized carbons (Fsp3) is 0.600. The number of halogens is 1. The van der Waals surface area contributed by atoms with E-state index in [1.807, 2.05) is 6.26 Å². The number of rotatable bonds is 4. The van der Waals surface area contributed by atoms with Crippen molar-refractivity contribution in [1.82, 2.24) is 20.6 Å². The first-order valence-electron chi connectivity index (χ1n) is 5.18. The molecule has 0 bridgehead atoms. The lowest BCUT2D eigenvalue weighted by molar-refractivity contribution is 0.535. The van der Waals surface area contributed by atoms with Crippen LogP contribution in [-0.4, -0.2) is 35.4 Å². The molecule has 1 aromatic heterocycles. The van der Waals surface area contributed by atoms with Gasteiger partial charge in [-0.15, -0.1) is 24.2 Å². The number of hydrogen-bond donors (Lipinski definition) is 2. The fourth-order valence-corrected chi connectivity index (χ4v) is 2.24. The van der Waals surface area contributed by atoms with Gasteiger partial charge in [-0.05, 0) is 19.2 Å². The van der Waals surface area contributed by atoms with Gasteiger partial charge in [0.05, 0.1) is 5.69 Å². The van der Waals surface area contributed by atoms with Crippen LogP contribution in [-0.2, 0) is 6.54 Å². The van der Waals surface area contributed by atoms with Crippen LogP contribution in [0.2, 0.25) is 0 Å². The molecule has 0 radical (unpaired) electrons. The van der Waals surface area contributed by atoms with E-state index in [0.29, 0.717) is 6.04 Å². The first kappa shape index (κ1) is 13.7. The maximum Gasteiger partial charge on any atom is 0.119 e. The van der Waals surface area contributed by atoms with E-state index in [0.717, 1.165) is 30.4 Å². The molecule has 1 aromatic rings. The predicted molar refractivity (Wildman–Crippen MR) is 69.2 cm³/mol. The van der Waals surface area contributed by atoms with Crippen LogP contribution in [0.4, 0.5) is 0 Å². The van der Waals surface area contributed by atoms with Crippen LogP contribution in [0.3, 0.4) is 0 Å². The maximum atomic E-state index is 4.34. The Balaban J connectivity index is 0.00000128. The number of nitrogens with one attached hydrogen (secondary N) is 2. The Kier molecular flexibility index (Phi) is 6.05. The molecule has 1 aliphatic rings. The van der Waals surface area contributed by atoms with E-state index >= 15 is 0 Å². The van der Waals surface area contributed by atoms with Gasteiger partial charge in [0.25, 0.3) is 0 Å². The molecule has 2 heterocycles. The van der Waals surface area contributed by atoms with Crippen molar-refractivity contribution >= 4 is 24.2 Å². The Bertz CT molecular complexity index is 317. The van der Waals surface area contributed by atoms with Crippen molar-refractivity contribution in [2.45, 2.75) is 24.0 Å².